The maximum Gasteiger partial charge on any atom is 0.345 e. The first kappa shape index (κ1) is 26.4. The van der Waals surface area contributed by atoms with Crippen LogP contribution in [0.25, 0.3) is 22.0 Å². The van der Waals surface area contributed by atoms with Crippen LogP contribution in [-0.4, -0.2) is 23.1 Å². The molecular formula is C31H23BrClN3O3. The Labute approximate surface area is 238 Å². The number of H-pyrrole nitrogens is 1. The molecule has 0 spiro atoms. The Bertz CT molecular complexity index is 1710. The van der Waals surface area contributed by atoms with Gasteiger partial charge in [0.25, 0.3) is 5.91 Å². The molecule has 1 aromatic heterocycles. The molecule has 0 saturated carbocycles. The third-order valence-electron chi connectivity index (χ3n) is 6.23. The number of nitrogens with one attached hydrogen (secondary N) is 2. The smallest absolute Gasteiger partial charge is 0.345 e. The average Bonchev–Trinajstić information content (AvgIpc) is 3.35. The molecule has 0 unspecified atom stereocenters. The number of rotatable bonds is 7. The average molecular weight is 601 g/mol. The third-order valence-corrected chi connectivity index (χ3v) is 7.05. The summed E-state index contributed by atoms with van der Waals surface area (Å²) < 4.78 is 6.35. The summed E-state index contributed by atoms with van der Waals surface area (Å²) in [6.07, 6.45) is 2.25. The number of benzene rings is 4. The molecule has 39 heavy (non-hydrogen) atoms. The minimum Gasteiger partial charge on any atom is -0.422 e. The number of aryl methyl sites for hydroxylation is 1. The summed E-state index contributed by atoms with van der Waals surface area (Å²) >= 11 is 9.58. The van der Waals surface area contributed by atoms with Crippen LogP contribution in [0.1, 0.15) is 38.9 Å². The highest BCUT2D eigenvalue weighted by Gasteiger charge is 2.20. The maximum atomic E-state index is 13.4. The quantitative estimate of drug-likeness (QED) is 0.0865. The first-order chi connectivity index (χ1) is 19.0. The van der Waals surface area contributed by atoms with Crippen LogP contribution in [0.15, 0.2) is 101 Å². The van der Waals surface area contributed by atoms with E-state index in [1.54, 1.807) is 42.5 Å². The topological polar surface area (TPSA) is 83.5 Å². The largest absolute Gasteiger partial charge is 0.422 e. The molecule has 0 aliphatic carbocycles. The lowest BCUT2D eigenvalue weighted by Gasteiger charge is -2.09. The van der Waals surface area contributed by atoms with Crippen molar-refractivity contribution in [2.24, 2.45) is 5.10 Å². The van der Waals surface area contributed by atoms with E-state index >= 15 is 0 Å². The Morgan fingerprint density at radius 3 is 2.54 bits per heavy atom. The van der Waals surface area contributed by atoms with Crippen molar-refractivity contribution in [3.05, 3.63) is 123 Å². The van der Waals surface area contributed by atoms with Crippen molar-refractivity contribution < 1.29 is 14.3 Å². The molecular weight excluding hydrogens is 578 g/mol. The number of esters is 1. The number of nitrogens with zero attached hydrogens (tertiary/aromatic N) is 1. The molecule has 6 nitrogen and oxygen atoms in total. The molecule has 1 amide bonds. The molecule has 0 saturated heterocycles. The van der Waals surface area contributed by atoms with E-state index in [1.807, 2.05) is 48.5 Å². The van der Waals surface area contributed by atoms with Gasteiger partial charge in [0.15, 0.2) is 0 Å². The number of halogens is 2. The van der Waals surface area contributed by atoms with Crippen LogP contribution in [0, 0.1) is 0 Å². The van der Waals surface area contributed by atoms with Crippen LogP contribution in [0.4, 0.5) is 0 Å². The number of carbonyl (C=O) groups is 2. The monoisotopic (exact) mass is 599 g/mol. The van der Waals surface area contributed by atoms with Gasteiger partial charge in [0, 0.05) is 26.5 Å². The Kier molecular flexibility index (Phi) is 7.91. The second kappa shape index (κ2) is 11.7. The fraction of sp³-hybridized carbons (Fsp3) is 0.0645. The van der Waals surface area contributed by atoms with Crippen molar-refractivity contribution in [3.8, 4) is 16.9 Å². The maximum absolute atomic E-state index is 13.4. The fourth-order valence-electron chi connectivity index (χ4n) is 4.36. The molecule has 5 aromatic rings. The van der Waals surface area contributed by atoms with E-state index < -0.39 is 11.9 Å². The van der Waals surface area contributed by atoms with Crippen LogP contribution in [0.2, 0.25) is 5.02 Å². The molecule has 5 rings (SSSR count). The lowest BCUT2D eigenvalue weighted by molar-refractivity contribution is 0.0734. The van der Waals surface area contributed by atoms with E-state index in [0.29, 0.717) is 16.3 Å². The molecule has 0 bridgehead atoms. The first-order valence-electron chi connectivity index (χ1n) is 12.2. The number of hydrazone groups is 1. The number of hydrogen-bond donors (Lipinski definition) is 2. The van der Waals surface area contributed by atoms with E-state index in [-0.39, 0.29) is 11.3 Å². The van der Waals surface area contributed by atoms with Gasteiger partial charge in [-0.3, -0.25) is 4.79 Å². The zero-order chi connectivity index (χ0) is 27.4. The predicted molar refractivity (Wildman–Crippen MR) is 159 cm³/mol. The normalized spacial score (nSPS) is 11.2. The molecule has 0 aliphatic heterocycles. The van der Waals surface area contributed by atoms with Crippen LogP contribution in [0.3, 0.4) is 0 Å². The molecule has 0 atom stereocenters. The summed E-state index contributed by atoms with van der Waals surface area (Å²) in [7, 11) is 0. The third kappa shape index (κ3) is 5.65. The fourth-order valence-corrected chi connectivity index (χ4v) is 4.95. The highest BCUT2D eigenvalue weighted by atomic mass is 79.9. The zero-order valence-electron chi connectivity index (χ0n) is 20.9. The van der Waals surface area contributed by atoms with Gasteiger partial charge in [0.2, 0.25) is 0 Å². The van der Waals surface area contributed by atoms with E-state index in [2.05, 4.69) is 38.4 Å². The van der Waals surface area contributed by atoms with Crippen molar-refractivity contribution in [2.75, 3.05) is 0 Å². The standard InChI is InChI=1S/C31H23BrClN3O3/c1-2-19-11-8-13-24-27(20-9-4-3-5-10-20)29(35-28(19)24)30(37)36-34-18-21-17-22(32)15-16-26(21)39-31(38)23-12-6-7-14-25(23)33/h3-18,35H,2H2,1H3,(H,36,37). The molecule has 0 aliphatic rings. The number of aromatic nitrogens is 1. The minimum atomic E-state index is -0.598. The van der Waals surface area contributed by atoms with Gasteiger partial charge < -0.3 is 9.72 Å². The summed E-state index contributed by atoms with van der Waals surface area (Å²) in [5.74, 6) is -0.726. The van der Waals surface area contributed by atoms with Crippen molar-refractivity contribution >= 4 is 56.5 Å². The first-order valence-corrected chi connectivity index (χ1v) is 13.4. The second-order valence-corrected chi connectivity index (χ2v) is 10.0. The predicted octanol–water partition coefficient (Wildman–Crippen LogP) is 7.80. The molecule has 4 aromatic carbocycles. The van der Waals surface area contributed by atoms with Gasteiger partial charge in [0.1, 0.15) is 11.4 Å². The summed E-state index contributed by atoms with van der Waals surface area (Å²) in [6, 6.07) is 27.6. The summed E-state index contributed by atoms with van der Waals surface area (Å²) in [4.78, 5) is 29.4. The highest BCUT2D eigenvalue weighted by molar-refractivity contribution is 9.10. The molecule has 0 fully saturated rings. The molecule has 194 valence electrons. The van der Waals surface area contributed by atoms with Crippen molar-refractivity contribution in [3.63, 3.8) is 0 Å². The van der Waals surface area contributed by atoms with E-state index in [4.69, 9.17) is 16.3 Å². The van der Waals surface area contributed by atoms with Gasteiger partial charge >= 0.3 is 5.97 Å². The van der Waals surface area contributed by atoms with Gasteiger partial charge in [0.05, 0.1) is 16.8 Å². The van der Waals surface area contributed by atoms with Gasteiger partial charge in [-0.15, -0.1) is 0 Å². The van der Waals surface area contributed by atoms with Crippen LogP contribution in [0.5, 0.6) is 5.75 Å². The minimum absolute atomic E-state index is 0.247. The number of hydrogen-bond acceptors (Lipinski definition) is 4. The number of fused-ring (bicyclic) bond motifs is 1. The SMILES string of the molecule is CCc1cccc2c(-c3ccccc3)c(C(=O)NN=Cc3cc(Br)ccc3OC(=O)c3ccccc3Cl)[nH]c12. The lowest BCUT2D eigenvalue weighted by Crippen LogP contribution is -2.19. The second-order valence-electron chi connectivity index (χ2n) is 8.68. The van der Waals surface area contributed by atoms with Gasteiger partial charge in [-0.1, -0.05) is 95.1 Å². The number of ether oxygens (including phenoxy) is 1. The Balaban J connectivity index is 1.44. The molecule has 2 N–H and O–H groups in total. The zero-order valence-corrected chi connectivity index (χ0v) is 23.2. The molecule has 0 radical (unpaired) electrons. The van der Waals surface area contributed by atoms with Gasteiger partial charge in [-0.05, 0) is 47.9 Å². The Morgan fingerprint density at radius 1 is 1.00 bits per heavy atom. The Hall–Kier alpha value is -4.20. The number of carbonyl (C=O) groups excluding carboxylic acids is 2. The molecule has 1 heterocycles. The number of aromatic amines is 1. The lowest BCUT2D eigenvalue weighted by atomic mass is 10.00. The summed E-state index contributed by atoms with van der Waals surface area (Å²) in [5, 5.41) is 5.44. The van der Waals surface area contributed by atoms with Crippen LogP contribution >= 0.6 is 27.5 Å². The van der Waals surface area contributed by atoms with E-state index in [9.17, 15) is 9.59 Å². The van der Waals surface area contributed by atoms with Crippen LogP contribution in [-0.2, 0) is 6.42 Å². The van der Waals surface area contributed by atoms with E-state index in [1.165, 1.54) is 6.21 Å². The van der Waals surface area contributed by atoms with Crippen molar-refractivity contribution in [2.45, 2.75) is 13.3 Å². The van der Waals surface area contributed by atoms with Crippen molar-refractivity contribution in [1.29, 1.82) is 0 Å². The highest BCUT2D eigenvalue weighted by Crippen LogP contribution is 2.34. The van der Waals surface area contributed by atoms with Gasteiger partial charge in [-0.25, -0.2) is 10.2 Å². The Morgan fingerprint density at radius 2 is 1.77 bits per heavy atom. The summed E-state index contributed by atoms with van der Waals surface area (Å²) in [6.45, 7) is 2.08. The molecule has 8 heteroatoms. The number of para-hydroxylation sites is 1. The van der Waals surface area contributed by atoms with Gasteiger partial charge in [-0.2, -0.15) is 5.10 Å². The summed E-state index contributed by atoms with van der Waals surface area (Å²) in [5.41, 5.74) is 7.54. The van der Waals surface area contributed by atoms with Crippen molar-refractivity contribution in [1.82, 2.24) is 10.4 Å². The number of amides is 1. The van der Waals surface area contributed by atoms with E-state index in [0.717, 1.165) is 38.5 Å². The van der Waals surface area contributed by atoms with Crippen LogP contribution < -0.4 is 10.2 Å².